The third-order valence-electron chi connectivity index (χ3n) is 6.76. The Morgan fingerprint density at radius 1 is 1.07 bits per heavy atom. The number of hydrogen-bond acceptors (Lipinski definition) is 3. The molecule has 150 valence electrons. The monoisotopic (exact) mass is 391 g/mol. The summed E-state index contributed by atoms with van der Waals surface area (Å²) in [5.74, 6) is 3.62. The minimum absolute atomic E-state index is 0. The Morgan fingerprint density at radius 2 is 1.63 bits per heavy atom. The highest BCUT2D eigenvalue weighted by molar-refractivity contribution is 5.77. The van der Waals surface area contributed by atoms with Gasteiger partial charge in [0, 0.05) is 13.1 Å². The van der Waals surface area contributed by atoms with E-state index in [4.69, 9.17) is 4.74 Å². The number of nitrogens with one attached hydrogen (secondary N) is 1. The molecule has 1 amide bonds. The van der Waals surface area contributed by atoms with Crippen LogP contribution >= 0.6 is 0 Å². The van der Waals surface area contributed by atoms with E-state index in [0.717, 1.165) is 30.0 Å². The lowest BCUT2D eigenvalue weighted by atomic mass is 9.48. The van der Waals surface area contributed by atoms with E-state index in [9.17, 15) is 4.79 Å². The molecule has 0 spiro atoms. The van der Waals surface area contributed by atoms with Crippen LogP contribution in [0.2, 0.25) is 0 Å². The Bertz CT molecular complexity index is 609. The van der Waals surface area contributed by atoms with Gasteiger partial charge in [0.1, 0.15) is 5.75 Å². The maximum absolute atomic E-state index is 11.8. The lowest BCUT2D eigenvalue weighted by molar-refractivity contribution is -0.123. The van der Waals surface area contributed by atoms with Crippen molar-refractivity contribution in [2.75, 3.05) is 33.8 Å². The van der Waals surface area contributed by atoms with E-state index in [0.29, 0.717) is 12.0 Å². The van der Waals surface area contributed by atoms with Crippen LogP contribution in [0.4, 0.5) is 0 Å². The molecule has 1 N–H and O–H groups in total. The molecule has 0 saturated heterocycles. The van der Waals surface area contributed by atoms with E-state index in [-0.39, 0.29) is 24.9 Å². The zero-order valence-electron chi connectivity index (χ0n) is 16.5. The van der Waals surface area contributed by atoms with E-state index in [1.165, 1.54) is 44.1 Å². The Balaban J connectivity index is 0.00000210. The minimum Gasteiger partial charge on any atom is -1.00 e. The standard InChI is InChI=1S/C22H32N2O2.ClH/c1-24(2)8-7-23-21(25)15-26-20-5-3-19(4-6-20)22-12-16-9-17(13-22)11-18(10-16)14-22;/h3-6,16-18H,7-15H2,1-2H3,(H,23,25);1H/p-1. The average molecular weight is 392 g/mol. The molecule has 5 heteroatoms. The number of rotatable bonds is 7. The van der Waals surface area contributed by atoms with Gasteiger partial charge in [0.15, 0.2) is 6.61 Å². The Morgan fingerprint density at radius 3 is 2.15 bits per heavy atom. The first kappa shape index (κ1) is 20.5. The smallest absolute Gasteiger partial charge is 0.257 e. The van der Waals surface area contributed by atoms with E-state index in [1.54, 1.807) is 0 Å². The molecule has 4 aliphatic carbocycles. The summed E-state index contributed by atoms with van der Waals surface area (Å²) in [6.07, 6.45) is 8.57. The van der Waals surface area contributed by atoms with Crippen LogP contribution in [0.1, 0.15) is 44.1 Å². The fourth-order valence-electron chi connectivity index (χ4n) is 5.99. The lowest BCUT2D eigenvalue weighted by Crippen LogP contribution is -3.00. The van der Waals surface area contributed by atoms with Crippen molar-refractivity contribution in [1.29, 1.82) is 0 Å². The molecule has 0 aromatic heterocycles. The molecular formula is C22H32ClN2O2-. The van der Waals surface area contributed by atoms with Crippen LogP contribution in [-0.2, 0) is 10.2 Å². The van der Waals surface area contributed by atoms with Gasteiger partial charge < -0.3 is 27.4 Å². The summed E-state index contributed by atoms with van der Waals surface area (Å²) in [4.78, 5) is 13.9. The summed E-state index contributed by atoms with van der Waals surface area (Å²) >= 11 is 0. The SMILES string of the molecule is CN(C)CCNC(=O)COc1ccc(C23CC4CC(CC(C4)C2)C3)cc1.[Cl-]. The first-order valence-corrected chi connectivity index (χ1v) is 10.2. The molecule has 4 fully saturated rings. The number of halogens is 1. The topological polar surface area (TPSA) is 41.6 Å². The van der Waals surface area contributed by atoms with E-state index in [1.807, 2.05) is 19.0 Å². The maximum atomic E-state index is 11.8. The molecule has 1 aromatic carbocycles. The van der Waals surface area contributed by atoms with Gasteiger partial charge in [-0.25, -0.2) is 0 Å². The first-order chi connectivity index (χ1) is 12.5. The molecule has 0 atom stereocenters. The maximum Gasteiger partial charge on any atom is 0.257 e. The minimum atomic E-state index is -0.0583. The largest absolute Gasteiger partial charge is 1.00 e. The number of amides is 1. The van der Waals surface area contributed by atoms with Gasteiger partial charge in [-0.15, -0.1) is 0 Å². The number of benzene rings is 1. The molecule has 4 aliphatic rings. The normalized spacial score (nSPS) is 30.9. The zero-order valence-corrected chi connectivity index (χ0v) is 17.3. The van der Waals surface area contributed by atoms with Crippen molar-refractivity contribution >= 4 is 5.91 Å². The molecule has 27 heavy (non-hydrogen) atoms. The predicted octanol–water partition coefficient (Wildman–Crippen LogP) is 0.215. The molecule has 0 unspecified atom stereocenters. The number of carbonyl (C=O) groups is 1. The van der Waals surface area contributed by atoms with Gasteiger partial charge >= 0.3 is 0 Å². The molecule has 5 rings (SSSR count). The fourth-order valence-corrected chi connectivity index (χ4v) is 5.99. The van der Waals surface area contributed by atoms with E-state index >= 15 is 0 Å². The predicted molar refractivity (Wildman–Crippen MR) is 103 cm³/mol. The summed E-state index contributed by atoms with van der Waals surface area (Å²) in [7, 11) is 3.99. The van der Waals surface area contributed by atoms with Crippen molar-refractivity contribution in [1.82, 2.24) is 10.2 Å². The van der Waals surface area contributed by atoms with Crippen molar-refractivity contribution in [2.45, 2.75) is 43.9 Å². The summed E-state index contributed by atoms with van der Waals surface area (Å²) in [6, 6.07) is 8.63. The highest BCUT2D eigenvalue weighted by Gasteiger charge is 2.51. The summed E-state index contributed by atoms with van der Waals surface area (Å²) < 4.78 is 5.67. The van der Waals surface area contributed by atoms with Gasteiger partial charge in [0.25, 0.3) is 5.91 Å². The molecule has 0 aliphatic heterocycles. The van der Waals surface area contributed by atoms with Gasteiger partial charge in [-0.05, 0) is 93.5 Å². The van der Waals surface area contributed by atoms with Gasteiger partial charge in [0.2, 0.25) is 0 Å². The van der Waals surface area contributed by atoms with Gasteiger partial charge in [0.05, 0.1) is 0 Å². The lowest BCUT2D eigenvalue weighted by Gasteiger charge is -2.57. The second-order valence-corrected chi connectivity index (χ2v) is 9.16. The Kier molecular flexibility index (Phi) is 6.37. The number of likely N-dealkylation sites (N-methyl/N-ethyl adjacent to an activating group) is 1. The van der Waals surface area contributed by atoms with Crippen LogP contribution in [0, 0.1) is 17.8 Å². The van der Waals surface area contributed by atoms with Crippen molar-refractivity contribution in [2.24, 2.45) is 17.8 Å². The van der Waals surface area contributed by atoms with E-state index in [2.05, 4.69) is 29.6 Å². The quantitative estimate of drug-likeness (QED) is 0.722. The zero-order chi connectivity index (χ0) is 18.1. The molecule has 4 saturated carbocycles. The fraction of sp³-hybridized carbons (Fsp3) is 0.682. The first-order valence-electron chi connectivity index (χ1n) is 10.2. The number of nitrogens with zero attached hydrogens (tertiary/aromatic N) is 1. The molecule has 1 aromatic rings. The molecule has 0 heterocycles. The number of hydrogen-bond donors (Lipinski definition) is 1. The van der Waals surface area contributed by atoms with Crippen LogP contribution in [0.3, 0.4) is 0 Å². The molecule has 0 radical (unpaired) electrons. The number of ether oxygens (including phenoxy) is 1. The third-order valence-corrected chi connectivity index (χ3v) is 6.76. The second kappa shape index (κ2) is 8.40. The van der Waals surface area contributed by atoms with Gasteiger partial charge in [-0.2, -0.15) is 0 Å². The third kappa shape index (κ3) is 4.60. The molecule has 4 nitrogen and oxygen atoms in total. The Hall–Kier alpha value is -1.26. The average Bonchev–Trinajstić information content (AvgIpc) is 2.59. The van der Waals surface area contributed by atoms with Crippen LogP contribution in [0.5, 0.6) is 5.75 Å². The summed E-state index contributed by atoms with van der Waals surface area (Å²) in [5.41, 5.74) is 1.93. The van der Waals surface area contributed by atoms with Crippen molar-refractivity contribution in [3.63, 3.8) is 0 Å². The van der Waals surface area contributed by atoms with Crippen molar-refractivity contribution < 1.29 is 21.9 Å². The summed E-state index contributed by atoms with van der Waals surface area (Å²) in [5, 5.41) is 2.88. The summed E-state index contributed by atoms with van der Waals surface area (Å²) in [6.45, 7) is 1.58. The van der Waals surface area contributed by atoms with Crippen LogP contribution in [0.15, 0.2) is 24.3 Å². The second-order valence-electron chi connectivity index (χ2n) is 9.16. The van der Waals surface area contributed by atoms with Gasteiger partial charge in [-0.3, -0.25) is 4.79 Å². The van der Waals surface area contributed by atoms with Crippen molar-refractivity contribution in [3.8, 4) is 5.75 Å². The Labute approximate surface area is 169 Å². The van der Waals surface area contributed by atoms with Crippen molar-refractivity contribution in [3.05, 3.63) is 29.8 Å². The van der Waals surface area contributed by atoms with Crippen LogP contribution < -0.4 is 22.5 Å². The molecular weight excluding hydrogens is 360 g/mol. The van der Waals surface area contributed by atoms with Crippen LogP contribution in [0.25, 0.3) is 0 Å². The molecule has 4 bridgehead atoms. The highest BCUT2D eigenvalue weighted by atomic mass is 35.5. The highest BCUT2D eigenvalue weighted by Crippen LogP contribution is 2.60. The van der Waals surface area contributed by atoms with E-state index < -0.39 is 0 Å². The number of carbonyl (C=O) groups excluding carboxylic acids is 1. The van der Waals surface area contributed by atoms with Gasteiger partial charge in [-0.1, -0.05) is 12.1 Å². The van der Waals surface area contributed by atoms with Crippen LogP contribution in [-0.4, -0.2) is 44.6 Å².